The molecule has 0 fully saturated rings. The lowest BCUT2D eigenvalue weighted by atomic mass is 9.94. The van der Waals surface area contributed by atoms with Crippen LogP contribution in [0.1, 0.15) is 37.9 Å². The van der Waals surface area contributed by atoms with E-state index in [1.165, 1.54) is 0 Å². The Bertz CT molecular complexity index is 633. The number of rotatable bonds is 6. The first kappa shape index (κ1) is 15.6. The van der Waals surface area contributed by atoms with Crippen LogP contribution in [-0.4, -0.2) is 28.1 Å². The number of aliphatic hydroxyl groups excluding tert-OH is 1. The van der Waals surface area contributed by atoms with Crippen molar-refractivity contribution in [1.82, 2.24) is 10.3 Å². The van der Waals surface area contributed by atoms with Crippen LogP contribution in [0, 0.1) is 6.92 Å². The van der Waals surface area contributed by atoms with Crippen molar-refractivity contribution < 1.29 is 9.90 Å². The molecule has 0 saturated carbocycles. The number of aliphatic hydroxyl groups is 1. The fourth-order valence-corrected chi connectivity index (χ4v) is 2.68. The van der Waals surface area contributed by atoms with Crippen LogP contribution < -0.4 is 5.32 Å². The molecule has 1 unspecified atom stereocenters. The summed E-state index contributed by atoms with van der Waals surface area (Å²) in [6.45, 7) is 6.07. The summed E-state index contributed by atoms with van der Waals surface area (Å²) in [5, 5.41) is 13.3. The first-order valence-electron chi connectivity index (χ1n) is 7.47. The summed E-state index contributed by atoms with van der Waals surface area (Å²) in [5.74, 6) is 0.000605. The van der Waals surface area contributed by atoms with E-state index < -0.39 is 0 Å². The normalized spacial score (nSPS) is 14.1. The van der Waals surface area contributed by atoms with Crippen LogP contribution in [0.4, 0.5) is 0 Å². The molecule has 4 nitrogen and oxygen atoms in total. The maximum Gasteiger partial charge on any atom is 0.224 e. The molecule has 1 heterocycles. The van der Waals surface area contributed by atoms with E-state index in [9.17, 15) is 4.79 Å². The molecule has 114 valence electrons. The van der Waals surface area contributed by atoms with Gasteiger partial charge < -0.3 is 15.4 Å². The molecule has 0 spiro atoms. The molecule has 0 radical (unpaired) electrons. The number of hydrogen-bond donors (Lipinski definition) is 3. The Kier molecular flexibility index (Phi) is 4.68. The number of amides is 1. The number of fused-ring (bicyclic) bond motifs is 1. The molecule has 0 aliphatic carbocycles. The van der Waals surface area contributed by atoms with Gasteiger partial charge in [-0.05, 0) is 38.3 Å². The number of H-pyrrole nitrogens is 1. The van der Waals surface area contributed by atoms with E-state index >= 15 is 0 Å². The molecule has 21 heavy (non-hydrogen) atoms. The van der Waals surface area contributed by atoms with E-state index in [4.69, 9.17) is 5.11 Å². The molecule has 0 saturated heterocycles. The molecule has 3 N–H and O–H groups in total. The lowest BCUT2D eigenvalue weighted by Gasteiger charge is -2.29. The van der Waals surface area contributed by atoms with Crippen LogP contribution in [0.3, 0.4) is 0 Å². The van der Waals surface area contributed by atoms with Gasteiger partial charge in [-0.2, -0.15) is 0 Å². The van der Waals surface area contributed by atoms with Crippen LogP contribution in [-0.2, 0) is 11.2 Å². The summed E-state index contributed by atoms with van der Waals surface area (Å²) < 4.78 is 0. The number of aromatic nitrogens is 1. The van der Waals surface area contributed by atoms with Crippen LogP contribution >= 0.6 is 0 Å². The van der Waals surface area contributed by atoms with E-state index in [2.05, 4.69) is 10.3 Å². The van der Waals surface area contributed by atoms with Gasteiger partial charge in [-0.1, -0.05) is 25.1 Å². The van der Waals surface area contributed by atoms with Crippen LogP contribution in [0.2, 0.25) is 0 Å². The average Bonchev–Trinajstić information content (AvgIpc) is 2.75. The fourth-order valence-electron chi connectivity index (χ4n) is 2.68. The number of aryl methyl sites for hydroxylation is 1. The van der Waals surface area contributed by atoms with Crippen LogP contribution in [0.25, 0.3) is 10.9 Å². The van der Waals surface area contributed by atoms with Crippen molar-refractivity contribution in [3.63, 3.8) is 0 Å². The van der Waals surface area contributed by atoms with Gasteiger partial charge in [0, 0.05) is 28.7 Å². The molecule has 0 bridgehead atoms. The number of nitrogens with one attached hydrogen (secondary N) is 2. The van der Waals surface area contributed by atoms with Gasteiger partial charge >= 0.3 is 0 Å². The summed E-state index contributed by atoms with van der Waals surface area (Å²) in [7, 11) is 0. The Morgan fingerprint density at radius 2 is 2.10 bits per heavy atom. The van der Waals surface area contributed by atoms with Gasteiger partial charge in [0.1, 0.15) is 0 Å². The van der Waals surface area contributed by atoms with E-state index in [0.29, 0.717) is 12.8 Å². The zero-order chi connectivity index (χ0) is 15.5. The molecule has 1 aromatic carbocycles. The second-order valence-electron chi connectivity index (χ2n) is 5.89. The molecule has 1 aromatic heterocycles. The van der Waals surface area contributed by atoms with E-state index in [1.54, 1.807) is 0 Å². The molecule has 4 heteroatoms. The highest BCUT2D eigenvalue weighted by atomic mass is 16.3. The van der Waals surface area contributed by atoms with Gasteiger partial charge in [-0.3, -0.25) is 4.79 Å². The van der Waals surface area contributed by atoms with Gasteiger partial charge in [0.15, 0.2) is 0 Å². The average molecular weight is 288 g/mol. The predicted molar refractivity (Wildman–Crippen MR) is 85.3 cm³/mol. The number of para-hydroxylation sites is 1. The molecule has 1 atom stereocenters. The van der Waals surface area contributed by atoms with E-state index in [1.807, 2.05) is 45.0 Å². The van der Waals surface area contributed by atoms with Gasteiger partial charge in [-0.25, -0.2) is 0 Å². The first-order chi connectivity index (χ1) is 9.99. The third kappa shape index (κ3) is 3.45. The zero-order valence-corrected chi connectivity index (χ0v) is 13.0. The number of carbonyl (C=O) groups is 1. The topological polar surface area (TPSA) is 65.1 Å². The minimum atomic E-state index is -0.341. The predicted octanol–water partition coefficient (Wildman–Crippen LogP) is 2.69. The summed E-state index contributed by atoms with van der Waals surface area (Å²) in [4.78, 5) is 15.7. The Hall–Kier alpha value is -1.81. The second kappa shape index (κ2) is 6.31. The number of benzene rings is 1. The molecule has 2 rings (SSSR count). The monoisotopic (exact) mass is 288 g/mol. The third-order valence-corrected chi connectivity index (χ3v) is 4.25. The Labute approximate surface area is 125 Å². The van der Waals surface area contributed by atoms with Crippen molar-refractivity contribution in [3.8, 4) is 0 Å². The van der Waals surface area contributed by atoms with Crippen molar-refractivity contribution in [1.29, 1.82) is 0 Å². The van der Waals surface area contributed by atoms with Gasteiger partial charge in [0.05, 0.1) is 6.42 Å². The lowest BCUT2D eigenvalue weighted by molar-refractivity contribution is -0.122. The summed E-state index contributed by atoms with van der Waals surface area (Å²) in [6.07, 6.45) is 1.73. The van der Waals surface area contributed by atoms with Crippen molar-refractivity contribution in [3.05, 3.63) is 35.5 Å². The standard InChI is InChI=1S/C17H24N2O2/c1-4-17(3,9-10-20)19-16(21)11-14-12(2)18-15-8-6-5-7-13(14)15/h5-8,18,20H,4,9-11H2,1-3H3,(H,19,21). The summed E-state index contributed by atoms with van der Waals surface area (Å²) in [5.41, 5.74) is 2.80. The summed E-state index contributed by atoms with van der Waals surface area (Å²) in [6, 6.07) is 8.02. The maximum atomic E-state index is 12.3. The van der Waals surface area contributed by atoms with Crippen molar-refractivity contribution in [2.75, 3.05) is 6.61 Å². The molecular weight excluding hydrogens is 264 g/mol. The lowest BCUT2D eigenvalue weighted by Crippen LogP contribution is -2.46. The molecule has 1 amide bonds. The second-order valence-corrected chi connectivity index (χ2v) is 5.89. The Balaban J connectivity index is 2.16. The van der Waals surface area contributed by atoms with Gasteiger partial charge in [0.25, 0.3) is 0 Å². The molecule has 2 aromatic rings. The SMILES string of the molecule is CCC(C)(CCO)NC(=O)Cc1c(C)[nH]c2ccccc12. The zero-order valence-electron chi connectivity index (χ0n) is 13.0. The number of carbonyl (C=O) groups excluding carboxylic acids is 1. The minimum absolute atomic E-state index is 0.000605. The van der Waals surface area contributed by atoms with E-state index in [0.717, 1.165) is 28.6 Å². The number of aromatic amines is 1. The molecular formula is C17H24N2O2. The third-order valence-electron chi connectivity index (χ3n) is 4.25. The highest BCUT2D eigenvalue weighted by Crippen LogP contribution is 2.23. The quantitative estimate of drug-likeness (QED) is 0.765. The summed E-state index contributed by atoms with van der Waals surface area (Å²) >= 11 is 0. The highest BCUT2D eigenvalue weighted by molar-refractivity contribution is 5.90. The largest absolute Gasteiger partial charge is 0.396 e. The smallest absolute Gasteiger partial charge is 0.224 e. The van der Waals surface area contributed by atoms with Crippen LogP contribution in [0.15, 0.2) is 24.3 Å². The molecule has 0 aliphatic rings. The Morgan fingerprint density at radius 3 is 2.76 bits per heavy atom. The Morgan fingerprint density at radius 1 is 1.38 bits per heavy atom. The van der Waals surface area contributed by atoms with Crippen molar-refractivity contribution in [2.24, 2.45) is 0 Å². The van der Waals surface area contributed by atoms with E-state index in [-0.39, 0.29) is 18.1 Å². The van der Waals surface area contributed by atoms with Crippen LogP contribution in [0.5, 0.6) is 0 Å². The highest BCUT2D eigenvalue weighted by Gasteiger charge is 2.24. The fraction of sp³-hybridized carbons (Fsp3) is 0.471. The molecule has 0 aliphatic heterocycles. The van der Waals surface area contributed by atoms with Crippen molar-refractivity contribution in [2.45, 2.75) is 45.6 Å². The number of hydrogen-bond acceptors (Lipinski definition) is 2. The van der Waals surface area contributed by atoms with Gasteiger partial charge in [-0.15, -0.1) is 0 Å². The maximum absolute atomic E-state index is 12.3. The van der Waals surface area contributed by atoms with Crippen molar-refractivity contribution >= 4 is 16.8 Å². The minimum Gasteiger partial charge on any atom is -0.396 e. The first-order valence-corrected chi connectivity index (χ1v) is 7.47. The van der Waals surface area contributed by atoms with Gasteiger partial charge in [0.2, 0.25) is 5.91 Å².